The van der Waals surface area contributed by atoms with E-state index in [2.05, 4.69) is 11.4 Å². The average molecular weight is 264 g/mol. The van der Waals surface area contributed by atoms with E-state index in [4.69, 9.17) is 5.73 Å². The first-order chi connectivity index (χ1) is 8.74. The van der Waals surface area contributed by atoms with Gasteiger partial charge >= 0.3 is 0 Å². The van der Waals surface area contributed by atoms with Gasteiger partial charge in [-0.3, -0.25) is 4.79 Å². The van der Waals surface area contributed by atoms with E-state index in [0.717, 1.165) is 25.9 Å². The maximum Gasteiger partial charge on any atom is 0.222 e. The molecule has 18 heavy (non-hydrogen) atoms. The van der Waals surface area contributed by atoms with Crippen LogP contribution in [0, 0.1) is 11.8 Å². The van der Waals surface area contributed by atoms with Crippen LogP contribution in [0.2, 0.25) is 0 Å². The Morgan fingerprint density at radius 3 is 3.06 bits per heavy atom. The number of nitrogens with two attached hydrogens (primary N) is 1. The van der Waals surface area contributed by atoms with Crippen molar-refractivity contribution in [3.8, 4) is 0 Å². The summed E-state index contributed by atoms with van der Waals surface area (Å²) in [5, 5.41) is 2.07. The Morgan fingerprint density at radius 1 is 1.44 bits per heavy atom. The smallest absolute Gasteiger partial charge is 0.222 e. The van der Waals surface area contributed by atoms with E-state index in [1.54, 1.807) is 11.3 Å². The highest BCUT2D eigenvalue weighted by Crippen LogP contribution is 2.37. The van der Waals surface area contributed by atoms with Crippen LogP contribution in [0.1, 0.15) is 24.1 Å². The minimum atomic E-state index is 0.310. The lowest BCUT2D eigenvalue weighted by atomic mass is 9.98. The zero-order chi connectivity index (χ0) is 12.5. The summed E-state index contributed by atoms with van der Waals surface area (Å²) in [4.78, 5) is 15.5. The van der Waals surface area contributed by atoms with Crippen molar-refractivity contribution < 1.29 is 4.79 Å². The molecule has 98 valence electrons. The standard InChI is InChI=1S/C14H20N2OS/c15-13-5-3-10-8-16(9-12(10)13)14(17)6-4-11-2-1-7-18-11/h1-2,7,10,12-13H,3-6,8-9,15H2/t10-,12-,13+/m0/s1. The van der Waals surface area contributed by atoms with Gasteiger partial charge in [-0.1, -0.05) is 6.07 Å². The van der Waals surface area contributed by atoms with Crippen molar-refractivity contribution in [1.29, 1.82) is 0 Å². The maximum atomic E-state index is 12.2. The number of fused-ring (bicyclic) bond motifs is 1. The number of likely N-dealkylation sites (tertiary alicyclic amines) is 1. The van der Waals surface area contributed by atoms with Crippen molar-refractivity contribution in [1.82, 2.24) is 4.90 Å². The molecular formula is C14H20N2OS. The normalized spacial score (nSPS) is 30.7. The van der Waals surface area contributed by atoms with Crippen LogP contribution in [0.3, 0.4) is 0 Å². The Morgan fingerprint density at radius 2 is 2.33 bits per heavy atom. The molecule has 2 heterocycles. The third kappa shape index (κ3) is 2.31. The van der Waals surface area contributed by atoms with Gasteiger partial charge in [0.15, 0.2) is 0 Å². The molecule has 0 aromatic carbocycles. The number of thiophene rings is 1. The summed E-state index contributed by atoms with van der Waals surface area (Å²) in [5.41, 5.74) is 6.10. The first-order valence-electron chi connectivity index (χ1n) is 6.80. The van der Waals surface area contributed by atoms with Gasteiger partial charge in [-0.15, -0.1) is 11.3 Å². The number of hydrogen-bond donors (Lipinski definition) is 1. The third-order valence-corrected chi connectivity index (χ3v) is 5.37. The predicted molar refractivity (Wildman–Crippen MR) is 73.4 cm³/mol. The van der Waals surface area contributed by atoms with Gasteiger partial charge in [-0.2, -0.15) is 0 Å². The van der Waals surface area contributed by atoms with Crippen LogP contribution in [-0.4, -0.2) is 29.9 Å². The molecule has 3 rings (SSSR count). The van der Waals surface area contributed by atoms with Crippen LogP contribution >= 0.6 is 11.3 Å². The van der Waals surface area contributed by atoms with E-state index >= 15 is 0 Å². The molecule has 1 aromatic heterocycles. The minimum absolute atomic E-state index is 0.310. The highest BCUT2D eigenvalue weighted by Gasteiger charge is 2.42. The van der Waals surface area contributed by atoms with Crippen molar-refractivity contribution in [2.75, 3.05) is 13.1 Å². The second kappa shape index (κ2) is 5.02. The fourth-order valence-corrected chi connectivity index (χ4v) is 4.06. The molecule has 3 nitrogen and oxygen atoms in total. The van der Waals surface area contributed by atoms with E-state index < -0.39 is 0 Å². The average Bonchev–Trinajstić information content (AvgIpc) is 3.05. The van der Waals surface area contributed by atoms with E-state index in [9.17, 15) is 4.79 Å². The summed E-state index contributed by atoms with van der Waals surface area (Å²) < 4.78 is 0. The summed E-state index contributed by atoms with van der Waals surface area (Å²) in [5.74, 6) is 1.55. The summed E-state index contributed by atoms with van der Waals surface area (Å²) >= 11 is 1.73. The number of hydrogen-bond acceptors (Lipinski definition) is 3. The highest BCUT2D eigenvalue weighted by atomic mass is 32.1. The zero-order valence-electron chi connectivity index (χ0n) is 10.5. The molecular weight excluding hydrogens is 244 g/mol. The van der Waals surface area contributed by atoms with Crippen LogP contribution in [0.25, 0.3) is 0 Å². The van der Waals surface area contributed by atoms with Crippen molar-refractivity contribution in [3.63, 3.8) is 0 Å². The minimum Gasteiger partial charge on any atom is -0.342 e. The SMILES string of the molecule is N[C@@H]1CC[C@H]2CN(C(=O)CCc3cccs3)C[C@@H]21. The lowest BCUT2D eigenvalue weighted by Gasteiger charge is -2.18. The molecule has 1 aliphatic heterocycles. The van der Waals surface area contributed by atoms with Crippen molar-refractivity contribution in [2.45, 2.75) is 31.7 Å². The molecule has 1 saturated carbocycles. The van der Waals surface area contributed by atoms with E-state index in [-0.39, 0.29) is 0 Å². The lowest BCUT2D eigenvalue weighted by molar-refractivity contribution is -0.130. The quantitative estimate of drug-likeness (QED) is 0.906. The summed E-state index contributed by atoms with van der Waals surface area (Å²) in [6.45, 7) is 1.84. The number of amides is 1. The second-order valence-electron chi connectivity index (χ2n) is 5.54. The van der Waals surface area contributed by atoms with Gasteiger partial charge in [0.1, 0.15) is 0 Å². The van der Waals surface area contributed by atoms with Crippen molar-refractivity contribution >= 4 is 17.2 Å². The molecule has 2 N–H and O–H groups in total. The van der Waals surface area contributed by atoms with Crippen LogP contribution in [0.4, 0.5) is 0 Å². The molecule has 1 saturated heterocycles. The Kier molecular flexibility index (Phi) is 3.39. The molecule has 4 heteroatoms. The topological polar surface area (TPSA) is 46.3 Å². The number of carbonyl (C=O) groups excluding carboxylic acids is 1. The summed E-state index contributed by atoms with van der Waals surface area (Å²) in [6.07, 6.45) is 3.89. The van der Waals surface area contributed by atoms with Gasteiger partial charge in [0, 0.05) is 30.4 Å². The molecule has 0 spiro atoms. The Labute approximate surface area is 112 Å². The summed E-state index contributed by atoms with van der Waals surface area (Å²) in [7, 11) is 0. The van der Waals surface area contributed by atoms with Crippen LogP contribution in [0.15, 0.2) is 17.5 Å². The molecule has 1 aromatic rings. The third-order valence-electron chi connectivity index (χ3n) is 4.43. The van der Waals surface area contributed by atoms with Gasteiger partial charge in [0.2, 0.25) is 5.91 Å². The largest absolute Gasteiger partial charge is 0.342 e. The van der Waals surface area contributed by atoms with Gasteiger partial charge < -0.3 is 10.6 Å². The Balaban J connectivity index is 1.52. The van der Waals surface area contributed by atoms with Gasteiger partial charge in [0.05, 0.1) is 0 Å². The Bertz CT molecular complexity index is 417. The number of nitrogens with zero attached hydrogens (tertiary/aromatic N) is 1. The monoisotopic (exact) mass is 264 g/mol. The number of rotatable bonds is 3. The lowest BCUT2D eigenvalue weighted by Crippen LogP contribution is -2.33. The molecule has 0 unspecified atom stereocenters. The number of aryl methyl sites for hydroxylation is 1. The van der Waals surface area contributed by atoms with Crippen LogP contribution < -0.4 is 5.73 Å². The first-order valence-corrected chi connectivity index (χ1v) is 7.68. The fourth-order valence-electron chi connectivity index (χ4n) is 3.35. The van der Waals surface area contributed by atoms with Gasteiger partial charge in [-0.05, 0) is 42.5 Å². The molecule has 0 bridgehead atoms. The zero-order valence-corrected chi connectivity index (χ0v) is 11.4. The molecule has 2 fully saturated rings. The van der Waals surface area contributed by atoms with Gasteiger partial charge in [0.25, 0.3) is 0 Å². The predicted octanol–water partition coefficient (Wildman–Crippen LogP) is 1.88. The molecule has 2 aliphatic rings. The van der Waals surface area contributed by atoms with Crippen molar-refractivity contribution in [3.05, 3.63) is 22.4 Å². The number of carbonyl (C=O) groups is 1. The first kappa shape index (κ1) is 12.2. The Hall–Kier alpha value is -0.870. The van der Waals surface area contributed by atoms with E-state index in [1.165, 1.54) is 11.3 Å². The van der Waals surface area contributed by atoms with Crippen LogP contribution in [-0.2, 0) is 11.2 Å². The molecule has 1 aliphatic carbocycles. The molecule has 3 atom stereocenters. The van der Waals surface area contributed by atoms with Crippen molar-refractivity contribution in [2.24, 2.45) is 17.6 Å². The summed E-state index contributed by atoms with van der Waals surface area (Å²) in [6, 6.07) is 4.47. The van der Waals surface area contributed by atoms with Crippen LogP contribution in [0.5, 0.6) is 0 Å². The van der Waals surface area contributed by atoms with Gasteiger partial charge in [-0.25, -0.2) is 0 Å². The highest BCUT2D eigenvalue weighted by molar-refractivity contribution is 7.09. The maximum absolute atomic E-state index is 12.2. The van der Waals surface area contributed by atoms with E-state index in [0.29, 0.717) is 30.2 Å². The molecule has 1 amide bonds. The fraction of sp³-hybridized carbons (Fsp3) is 0.643. The second-order valence-corrected chi connectivity index (χ2v) is 6.58. The molecule has 0 radical (unpaired) electrons. The van der Waals surface area contributed by atoms with E-state index in [1.807, 2.05) is 11.0 Å².